The van der Waals surface area contributed by atoms with E-state index in [1.807, 2.05) is 30.3 Å². The second kappa shape index (κ2) is 16.9. The van der Waals surface area contributed by atoms with Crippen molar-refractivity contribution in [1.82, 2.24) is 0 Å². The van der Waals surface area contributed by atoms with Gasteiger partial charge in [0.1, 0.15) is 0 Å². The first-order valence-electron chi connectivity index (χ1n) is 12.7. The summed E-state index contributed by atoms with van der Waals surface area (Å²) >= 11 is 0. The van der Waals surface area contributed by atoms with Crippen molar-refractivity contribution in [3.8, 4) is 5.92 Å². The van der Waals surface area contributed by atoms with Crippen molar-refractivity contribution in [2.24, 2.45) is 0 Å². The van der Waals surface area contributed by atoms with Crippen LogP contribution in [0.5, 0.6) is 0 Å². The first kappa shape index (κ1) is 33.5. The van der Waals surface area contributed by atoms with Gasteiger partial charge in [0.25, 0.3) is 0 Å². The Hall–Kier alpha value is 0.336. The SMILES string of the molecule is CC[Si](CC)(CC)[Si]([Si](CC)(CC)CC)[Si](CC)(CC)CC.[C-]#Cc1ccccc1.[Pt]. The van der Waals surface area contributed by atoms with Crippen LogP contribution in [0, 0.1) is 12.3 Å². The van der Waals surface area contributed by atoms with Crippen LogP contribution < -0.4 is 0 Å². The number of benzene rings is 1. The van der Waals surface area contributed by atoms with Crippen molar-refractivity contribution in [1.29, 1.82) is 0 Å². The van der Waals surface area contributed by atoms with E-state index in [4.69, 9.17) is 6.42 Å². The Morgan fingerprint density at radius 3 is 1.00 bits per heavy atom. The first-order chi connectivity index (χ1) is 14.3. The van der Waals surface area contributed by atoms with Crippen LogP contribution in [0.2, 0.25) is 54.4 Å². The minimum atomic E-state index is -1.02. The molecule has 0 atom stereocenters. The zero-order valence-electron chi connectivity index (χ0n) is 22.1. The van der Waals surface area contributed by atoms with E-state index < -0.39 is 22.8 Å². The van der Waals surface area contributed by atoms with Gasteiger partial charge in [0.2, 0.25) is 0 Å². The van der Waals surface area contributed by atoms with E-state index in [-0.39, 0.29) is 28.4 Å². The van der Waals surface area contributed by atoms with E-state index in [0.29, 0.717) is 0 Å². The molecule has 0 bridgehead atoms. The third-order valence-corrected chi connectivity index (χ3v) is 71.7. The maximum Gasteiger partial charge on any atom is 0.0390 e. The summed E-state index contributed by atoms with van der Waals surface area (Å²) < 4.78 is 0. The smallest absolute Gasteiger partial charge is 0.0390 e. The molecule has 0 nitrogen and oxygen atoms in total. The molecule has 5 heteroatoms. The Bertz CT molecular complexity index is 527. The van der Waals surface area contributed by atoms with Crippen LogP contribution in [0.1, 0.15) is 67.9 Å². The largest absolute Gasteiger partial charge is 0.366 e. The van der Waals surface area contributed by atoms with Crippen molar-refractivity contribution in [3.63, 3.8) is 0 Å². The van der Waals surface area contributed by atoms with Crippen LogP contribution in [-0.2, 0) is 21.1 Å². The molecule has 181 valence electrons. The van der Waals surface area contributed by atoms with Gasteiger partial charge in [-0.05, 0) is 0 Å². The third kappa shape index (κ3) is 7.95. The van der Waals surface area contributed by atoms with Gasteiger partial charge >= 0.3 is 0 Å². The zero-order valence-corrected chi connectivity index (χ0v) is 28.3. The predicted octanol–water partition coefficient (Wildman–Crippen LogP) is 8.86. The van der Waals surface area contributed by atoms with Gasteiger partial charge in [0.05, 0.1) is 0 Å². The molecule has 0 aromatic heterocycles. The normalized spacial score (nSPS) is 11.9. The second-order valence-electron chi connectivity index (χ2n) is 8.89. The summed E-state index contributed by atoms with van der Waals surface area (Å²) in [4.78, 5) is 0. The molecular weight excluding hydrogens is 620 g/mol. The standard InChI is InChI=1S/C18H45Si4.C8H5.Pt/c1-10-20(11-2,12-3)19(21(13-4,14-5)15-6)22(16-7,17-8)18-9;1-2-8-6-4-3-5-7-8;/h10-18H2,1-9H3;3-7H;/q;-1;. The summed E-state index contributed by atoms with van der Waals surface area (Å²) in [5.41, 5.74) is 0.826. The fourth-order valence-corrected chi connectivity index (χ4v) is 95.8. The van der Waals surface area contributed by atoms with Crippen LogP contribution in [-0.4, -0.2) is 30.1 Å². The molecule has 0 saturated carbocycles. The van der Waals surface area contributed by atoms with Gasteiger partial charge in [-0.1, -0.05) is 135 Å². The maximum atomic E-state index is 6.69. The predicted molar refractivity (Wildman–Crippen MR) is 150 cm³/mol. The van der Waals surface area contributed by atoms with Gasteiger partial charge in [-0.25, -0.2) is 0 Å². The van der Waals surface area contributed by atoms with Crippen molar-refractivity contribution >= 4 is 30.1 Å². The van der Waals surface area contributed by atoms with Crippen LogP contribution in [0.4, 0.5) is 0 Å². The van der Waals surface area contributed by atoms with Gasteiger partial charge in [-0.15, -0.1) is 17.7 Å². The van der Waals surface area contributed by atoms with E-state index in [1.54, 1.807) is 54.4 Å². The van der Waals surface area contributed by atoms with Gasteiger partial charge in [-0.3, -0.25) is 5.92 Å². The monoisotopic (exact) mass is 669 g/mol. The molecular formula is C26H50PtSi4-. The van der Waals surface area contributed by atoms with Crippen molar-refractivity contribution < 1.29 is 21.1 Å². The average Bonchev–Trinajstić information content (AvgIpc) is 2.83. The molecule has 0 unspecified atom stereocenters. The average molecular weight is 670 g/mol. The molecule has 0 spiro atoms. The molecule has 0 heterocycles. The molecule has 0 N–H and O–H groups in total. The Kier molecular flexibility index (Phi) is 18.2. The minimum Gasteiger partial charge on any atom is -0.366 e. The number of hydrogen-bond donors (Lipinski definition) is 0. The maximum absolute atomic E-state index is 6.69. The summed E-state index contributed by atoms with van der Waals surface area (Å²) in [6.07, 6.45) is 6.69. The van der Waals surface area contributed by atoms with E-state index >= 15 is 0 Å². The zero-order chi connectivity index (χ0) is 23.3. The molecule has 1 aromatic rings. The second-order valence-corrected chi connectivity index (χ2v) is 42.2. The van der Waals surface area contributed by atoms with Gasteiger partial charge in [0, 0.05) is 51.2 Å². The number of hydrogen-bond acceptors (Lipinski definition) is 0. The summed E-state index contributed by atoms with van der Waals surface area (Å²) in [5.74, 6) is 2.28. The molecule has 0 aliphatic heterocycles. The van der Waals surface area contributed by atoms with Crippen LogP contribution in [0.25, 0.3) is 0 Å². The van der Waals surface area contributed by atoms with E-state index in [2.05, 4.69) is 68.2 Å². The Morgan fingerprint density at radius 2 is 0.839 bits per heavy atom. The van der Waals surface area contributed by atoms with Crippen LogP contribution in [0.3, 0.4) is 0 Å². The summed E-state index contributed by atoms with van der Waals surface area (Å²) in [5, 5.41) is 0. The summed E-state index contributed by atoms with van der Waals surface area (Å²) in [6, 6.07) is 23.7. The van der Waals surface area contributed by atoms with Crippen molar-refractivity contribution in [2.45, 2.75) is 117 Å². The van der Waals surface area contributed by atoms with Crippen LogP contribution >= 0.6 is 0 Å². The molecule has 1 rings (SSSR count). The number of rotatable bonds is 12. The molecule has 1 aromatic carbocycles. The quantitative estimate of drug-likeness (QED) is 0.119. The molecule has 31 heavy (non-hydrogen) atoms. The van der Waals surface area contributed by atoms with E-state index in [0.717, 1.165) is 5.56 Å². The fraction of sp³-hybridized carbons (Fsp3) is 0.692. The minimum absolute atomic E-state index is 0. The molecule has 0 aliphatic rings. The first-order valence-corrected chi connectivity index (χ1v) is 25.1. The Balaban J connectivity index is 0. The third-order valence-electron chi connectivity index (χ3n) is 8.60. The Morgan fingerprint density at radius 1 is 0.581 bits per heavy atom. The fourth-order valence-electron chi connectivity index (χ4n) is 6.05. The van der Waals surface area contributed by atoms with Gasteiger partial charge in [0.15, 0.2) is 0 Å². The summed E-state index contributed by atoms with van der Waals surface area (Å²) in [6.45, 7) is 23.3. The molecule has 0 saturated heterocycles. The molecule has 0 fully saturated rings. The Labute approximate surface area is 215 Å². The van der Waals surface area contributed by atoms with Gasteiger partial charge in [-0.2, -0.15) is 0 Å². The summed E-state index contributed by atoms with van der Waals surface area (Å²) in [7, 11) is -3.13. The van der Waals surface area contributed by atoms with Crippen LogP contribution in [0.15, 0.2) is 30.3 Å². The molecule has 1 radical (unpaired) electrons. The van der Waals surface area contributed by atoms with Crippen molar-refractivity contribution in [3.05, 3.63) is 42.3 Å². The van der Waals surface area contributed by atoms with E-state index in [9.17, 15) is 0 Å². The molecule has 0 amide bonds. The van der Waals surface area contributed by atoms with E-state index in [1.165, 1.54) is 0 Å². The molecule has 0 aliphatic carbocycles. The van der Waals surface area contributed by atoms with Gasteiger partial charge < -0.3 is 6.42 Å². The topological polar surface area (TPSA) is 0 Å². The van der Waals surface area contributed by atoms with Crippen molar-refractivity contribution in [2.75, 3.05) is 0 Å².